The molecule has 1 amide bonds. The van der Waals surface area contributed by atoms with E-state index in [0.717, 1.165) is 16.6 Å². The third-order valence-electron chi connectivity index (χ3n) is 5.13. The summed E-state index contributed by atoms with van der Waals surface area (Å²) in [6.07, 6.45) is -1.96. The minimum atomic E-state index is -2.27. The lowest BCUT2D eigenvalue weighted by Crippen LogP contribution is -2.47. The number of halogens is 1. The molecule has 1 aromatic rings. The summed E-state index contributed by atoms with van der Waals surface area (Å²) in [5, 5.41) is 32.5. The number of aliphatic carboxylic acids is 2. The lowest BCUT2D eigenvalue weighted by molar-refractivity contribution is -0.165. The first kappa shape index (κ1) is 27.0. The van der Waals surface area contributed by atoms with E-state index in [4.69, 9.17) is 20.4 Å². The molecule has 0 aromatic heterocycles. The molecule has 2 rings (SSSR count). The molecule has 9 nitrogen and oxygen atoms in total. The molecular formula is C21H31BrN2O7. The zero-order chi connectivity index (χ0) is 23.7. The summed E-state index contributed by atoms with van der Waals surface area (Å²) < 4.78 is 0.999. The molecule has 0 radical (unpaired) electrons. The number of carbonyl (C=O) groups excluding carboxylic acids is 1. The summed E-state index contributed by atoms with van der Waals surface area (Å²) in [6, 6.07) is 7.88. The van der Waals surface area contributed by atoms with Gasteiger partial charge in [0.1, 0.15) is 0 Å². The van der Waals surface area contributed by atoms with Crippen LogP contribution in [0.4, 0.5) is 0 Å². The number of hydrogen-bond donors (Lipinski definition) is 4. The minimum absolute atomic E-state index is 0.111. The van der Waals surface area contributed by atoms with Gasteiger partial charge in [0.2, 0.25) is 0 Å². The van der Waals surface area contributed by atoms with Crippen LogP contribution < -0.4 is 0 Å². The normalized spacial score (nSPS) is 16.7. The second-order valence-electron chi connectivity index (χ2n) is 7.81. The summed E-state index contributed by atoms with van der Waals surface area (Å²) in [5.74, 6) is -2.97. The third-order valence-corrected chi connectivity index (χ3v) is 5.66. The summed E-state index contributed by atoms with van der Waals surface area (Å²) in [4.78, 5) is 36.6. The predicted molar refractivity (Wildman–Crippen MR) is 118 cm³/mol. The third kappa shape index (κ3) is 8.56. The molecule has 3 atom stereocenters. The monoisotopic (exact) mass is 502 g/mol. The van der Waals surface area contributed by atoms with Crippen LogP contribution in [0.15, 0.2) is 28.7 Å². The van der Waals surface area contributed by atoms with Crippen molar-refractivity contribution in [3.63, 3.8) is 0 Å². The number of likely N-dealkylation sites (N-methyl/N-ethyl adjacent to an activating group) is 1. The standard InChI is InChI=1S/C17H25BrN2O.C4H6O6/c1-13(2)16(12-20-10-4-5-11-20)19(3)17(21)14-6-8-15(18)9-7-14;5-1(3(7)8)2(6)4(9)10/h6-9,13,16H,4-5,10-12H2,1-3H3;1-2,5-6H,(H,7,8)(H,9,10)/t16-;/m1./s1. The van der Waals surface area contributed by atoms with Crippen molar-refractivity contribution in [2.75, 3.05) is 26.7 Å². The van der Waals surface area contributed by atoms with E-state index in [1.807, 2.05) is 36.2 Å². The van der Waals surface area contributed by atoms with Gasteiger partial charge in [0.25, 0.3) is 5.91 Å². The van der Waals surface area contributed by atoms with Crippen molar-refractivity contribution in [1.29, 1.82) is 0 Å². The van der Waals surface area contributed by atoms with Crippen LogP contribution >= 0.6 is 15.9 Å². The van der Waals surface area contributed by atoms with E-state index in [1.54, 1.807) is 0 Å². The molecule has 1 heterocycles. The molecule has 10 heteroatoms. The Morgan fingerprint density at radius 3 is 1.84 bits per heavy atom. The van der Waals surface area contributed by atoms with Crippen LogP contribution in [0.2, 0.25) is 0 Å². The van der Waals surface area contributed by atoms with E-state index in [1.165, 1.54) is 25.9 Å². The van der Waals surface area contributed by atoms with Gasteiger partial charge in [0.05, 0.1) is 0 Å². The highest BCUT2D eigenvalue weighted by Gasteiger charge is 2.29. The fourth-order valence-electron chi connectivity index (χ4n) is 3.23. The van der Waals surface area contributed by atoms with E-state index >= 15 is 0 Å². The largest absolute Gasteiger partial charge is 0.479 e. The maximum Gasteiger partial charge on any atom is 0.335 e. The number of carbonyl (C=O) groups is 3. The lowest BCUT2D eigenvalue weighted by Gasteiger charge is -2.34. The van der Waals surface area contributed by atoms with Gasteiger partial charge in [0, 0.05) is 29.7 Å². The number of carboxylic acid groups (broad SMARTS) is 2. The SMILES string of the molecule is CC(C)[C@@H](CN1CCCC1)N(C)C(=O)c1ccc(Br)cc1.O=C(O)C(O)C(O)C(=O)O. The zero-order valence-electron chi connectivity index (χ0n) is 17.9. The quantitative estimate of drug-likeness (QED) is 0.419. The first-order chi connectivity index (χ1) is 14.5. The molecule has 0 aliphatic carbocycles. The van der Waals surface area contributed by atoms with Crippen molar-refractivity contribution in [3.8, 4) is 0 Å². The molecule has 1 aromatic carbocycles. The summed E-state index contributed by atoms with van der Waals surface area (Å²) in [7, 11) is 1.94. The Bertz CT molecular complexity index is 718. The van der Waals surface area contributed by atoms with Gasteiger partial charge < -0.3 is 30.2 Å². The molecule has 1 fully saturated rings. The number of rotatable bonds is 8. The van der Waals surface area contributed by atoms with Crippen LogP contribution in [0.1, 0.15) is 37.0 Å². The molecule has 0 spiro atoms. The highest BCUT2D eigenvalue weighted by atomic mass is 79.9. The average molecular weight is 503 g/mol. The highest BCUT2D eigenvalue weighted by Crippen LogP contribution is 2.18. The maximum absolute atomic E-state index is 12.7. The number of aliphatic hydroxyl groups is 2. The number of likely N-dealkylation sites (tertiary alicyclic amines) is 1. The smallest absolute Gasteiger partial charge is 0.335 e. The van der Waals surface area contributed by atoms with Gasteiger partial charge in [0.15, 0.2) is 12.2 Å². The van der Waals surface area contributed by atoms with Gasteiger partial charge in [-0.1, -0.05) is 29.8 Å². The van der Waals surface area contributed by atoms with Crippen LogP contribution in [-0.2, 0) is 9.59 Å². The van der Waals surface area contributed by atoms with Crippen LogP contribution in [0.25, 0.3) is 0 Å². The summed E-state index contributed by atoms with van der Waals surface area (Å²) in [6.45, 7) is 7.72. The number of carboxylic acids is 2. The van der Waals surface area contributed by atoms with Crippen molar-refractivity contribution in [1.82, 2.24) is 9.80 Å². The van der Waals surface area contributed by atoms with E-state index in [0.29, 0.717) is 5.92 Å². The first-order valence-electron chi connectivity index (χ1n) is 10.0. The highest BCUT2D eigenvalue weighted by molar-refractivity contribution is 9.10. The fraction of sp³-hybridized carbons (Fsp3) is 0.571. The maximum atomic E-state index is 12.7. The van der Waals surface area contributed by atoms with E-state index in [2.05, 4.69) is 34.7 Å². The van der Waals surface area contributed by atoms with Crippen molar-refractivity contribution in [3.05, 3.63) is 34.3 Å². The van der Waals surface area contributed by atoms with Gasteiger partial charge in [-0.15, -0.1) is 0 Å². The number of hydrogen-bond acceptors (Lipinski definition) is 6. The molecule has 1 aliphatic heterocycles. The van der Waals surface area contributed by atoms with E-state index < -0.39 is 24.1 Å². The minimum Gasteiger partial charge on any atom is -0.479 e. The second-order valence-corrected chi connectivity index (χ2v) is 8.72. The fourth-order valence-corrected chi connectivity index (χ4v) is 3.49. The number of benzene rings is 1. The average Bonchev–Trinajstić information content (AvgIpc) is 3.23. The van der Waals surface area contributed by atoms with Gasteiger partial charge in [-0.2, -0.15) is 0 Å². The Hall–Kier alpha value is -2.01. The van der Waals surface area contributed by atoms with Gasteiger partial charge in [-0.05, 0) is 56.1 Å². The molecule has 174 valence electrons. The van der Waals surface area contributed by atoms with Crippen LogP contribution in [-0.4, -0.2) is 93.0 Å². The molecule has 2 unspecified atom stereocenters. The molecule has 0 saturated carbocycles. The topological polar surface area (TPSA) is 139 Å². The molecule has 0 bridgehead atoms. The Morgan fingerprint density at radius 2 is 1.45 bits per heavy atom. The predicted octanol–water partition coefficient (Wildman–Crippen LogP) is 1.52. The Balaban J connectivity index is 0.000000407. The summed E-state index contributed by atoms with van der Waals surface area (Å²) >= 11 is 3.41. The van der Waals surface area contributed by atoms with Crippen LogP contribution in [0.5, 0.6) is 0 Å². The number of aliphatic hydroxyl groups excluding tert-OH is 2. The molecular weight excluding hydrogens is 472 g/mol. The van der Waals surface area contributed by atoms with Crippen LogP contribution in [0.3, 0.4) is 0 Å². The lowest BCUT2D eigenvalue weighted by atomic mass is 10.0. The summed E-state index contributed by atoms with van der Waals surface area (Å²) in [5.41, 5.74) is 0.757. The molecule has 4 N–H and O–H groups in total. The van der Waals surface area contributed by atoms with E-state index in [-0.39, 0.29) is 11.9 Å². The number of amides is 1. The van der Waals surface area contributed by atoms with Gasteiger partial charge in [-0.3, -0.25) is 4.79 Å². The zero-order valence-corrected chi connectivity index (χ0v) is 19.5. The van der Waals surface area contributed by atoms with Crippen LogP contribution in [0, 0.1) is 5.92 Å². The van der Waals surface area contributed by atoms with Crippen molar-refractivity contribution >= 4 is 33.8 Å². The second kappa shape index (κ2) is 12.7. The molecule has 31 heavy (non-hydrogen) atoms. The Morgan fingerprint density at radius 1 is 1.00 bits per heavy atom. The van der Waals surface area contributed by atoms with Crippen molar-refractivity contribution in [2.24, 2.45) is 5.92 Å². The number of nitrogens with zero attached hydrogens (tertiary/aromatic N) is 2. The molecule has 1 saturated heterocycles. The molecule has 1 aliphatic rings. The van der Waals surface area contributed by atoms with Crippen molar-refractivity contribution in [2.45, 2.75) is 44.9 Å². The van der Waals surface area contributed by atoms with E-state index in [9.17, 15) is 14.4 Å². The van der Waals surface area contributed by atoms with Gasteiger partial charge in [-0.25, -0.2) is 9.59 Å². The Labute approximate surface area is 190 Å². The first-order valence-corrected chi connectivity index (χ1v) is 10.8. The Kier molecular flexibility index (Phi) is 11.1. The van der Waals surface area contributed by atoms with Gasteiger partial charge >= 0.3 is 11.9 Å². The van der Waals surface area contributed by atoms with Crippen molar-refractivity contribution < 1.29 is 34.8 Å².